The van der Waals surface area contributed by atoms with E-state index in [4.69, 9.17) is 0 Å². The van der Waals surface area contributed by atoms with Gasteiger partial charge in [-0.1, -0.05) is 0 Å². The minimum absolute atomic E-state index is 0.142. The molecule has 7 heteroatoms. The Morgan fingerprint density at radius 2 is 2.12 bits per heavy atom. The molecule has 0 radical (unpaired) electrons. The number of aromatic nitrogens is 5. The Morgan fingerprint density at radius 1 is 1.33 bits per heavy atom. The first-order chi connectivity index (χ1) is 11.4. The maximum Gasteiger partial charge on any atom is 0.228 e. The molecule has 1 atom stereocenters. The third kappa shape index (κ3) is 3.49. The second-order valence-corrected chi connectivity index (χ2v) is 6.84. The Morgan fingerprint density at radius 3 is 2.75 bits per heavy atom. The lowest BCUT2D eigenvalue weighted by Gasteiger charge is -2.33. The maximum absolute atomic E-state index is 12.6. The van der Waals surface area contributed by atoms with Gasteiger partial charge in [0.05, 0.1) is 18.2 Å². The van der Waals surface area contributed by atoms with Crippen LogP contribution in [0.1, 0.15) is 56.1 Å². The van der Waals surface area contributed by atoms with Gasteiger partial charge in [-0.2, -0.15) is 10.2 Å². The molecule has 24 heavy (non-hydrogen) atoms. The van der Waals surface area contributed by atoms with Crippen molar-refractivity contribution in [1.82, 2.24) is 29.4 Å². The fraction of sp³-hybridized carbons (Fsp3) is 0.647. The van der Waals surface area contributed by atoms with Crippen molar-refractivity contribution in [2.75, 3.05) is 13.1 Å². The Hall–Kier alpha value is -2.18. The van der Waals surface area contributed by atoms with Crippen LogP contribution in [0.4, 0.5) is 0 Å². The van der Waals surface area contributed by atoms with Crippen LogP contribution < -0.4 is 0 Å². The number of aryl methyl sites for hydroxylation is 2. The lowest BCUT2D eigenvalue weighted by molar-refractivity contribution is -0.132. The summed E-state index contributed by atoms with van der Waals surface area (Å²) in [5.41, 5.74) is 0.837. The van der Waals surface area contributed by atoms with Crippen molar-refractivity contribution >= 4 is 5.91 Å². The molecule has 0 bridgehead atoms. The zero-order valence-electron chi connectivity index (χ0n) is 14.9. The Labute approximate surface area is 142 Å². The fourth-order valence-corrected chi connectivity index (χ4v) is 3.29. The summed E-state index contributed by atoms with van der Waals surface area (Å²) in [4.78, 5) is 19.0. The van der Waals surface area contributed by atoms with E-state index in [1.54, 1.807) is 0 Å². The van der Waals surface area contributed by atoms with E-state index in [1.165, 1.54) is 0 Å². The molecule has 0 aromatic carbocycles. The molecule has 3 rings (SSSR count). The third-order valence-corrected chi connectivity index (χ3v) is 4.53. The Bertz CT molecular complexity index is 716. The molecular formula is C17H26N6O. The molecule has 0 spiro atoms. The summed E-state index contributed by atoms with van der Waals surface area (Å²) in [5.74, 6) is 1.85. The van der Waals surface area contributed by atoms with Gasteiger partial charge in [0.1, 0.15) is 11.6 Å². The monoisotopic (exact) mass is 330 g/mol. The van der Waals surface area contributed by atoms with Crippen molar-refractivity contribution in [3.8, 4) is 0 Å². The second-order valence-electron chi connectivity index (χ2n) is 6.84. The molecule has 130 valence electrons. The van der Waals surface area contributed by atoms with Crippen LogP contribution in [-0.4, -0.2) is 48.4 Å². The predicted octanol–water partition coefficient (Wildman–Crippen LogP) is 2.08. The van der Waals surface area contributed by atoms with Crippen LogP contribution in [-0.2, 0) is 11.2 Å². The van der Waals surface area contributed by atoms with E-state index in [1.807, 2.05) is 40.4 Å². The zero-order chi connectivity index (χ0) is 17.3. The van der Waals surface area contributed by atoms with E-state index in [0.29, 0.717) is 19.0 Å². The van der Waals surface area contributed by atoms with Crippen molar-refractivity contribution in [3.63, 3.8) is 0 Å². The number of carbonyl (C=O) groups is 1. The minimum atomic E-state index is 0.142. The van der Waals surface area contributed by atoms with Gasteiger partial charge in [0.25, 0.3) is 0 Å². The molecule has 1 unspecified atom stereocenters. The van der Waals surface area contributed by atoms with Crippen LogP contribution in [0.5, 0.6) is 0 Å². The maximum atomic E-state index is 12.6. The van der Waals surface area contributed by atoms with Crippen LogP contribution in [0.25, 0.3) is 0 Å². The Kier molecular flexibility index (Phi) is 4.69. The predicted molar refractivity (Wildman–Crippen MR) is 90.7 cm³/mol. The average Bonchev–Trinajstić information content (AvgIpc) is 3.14. The van der Waals surface area contributed by atoms with Gasteiger partial charge in [-0.15, -0.1) is 0 Å². The molecule has 0 aliphatic carbocycles. The molecule has 1 aliphatic heterocycles. The molecule has 0 N–H and O–H groups in total. The number of piperidine rings is 1. The zero-order valence-corrected chi connectivity index (χ0v) is 14.9. The van der Waals surface area contributed by atoms with Gasteiger partial charge in [0, 0.05) is 25.3 Å². The van der Waals surface area contributed by atoms with Crippen LogP contribution in [0.2, 0.25) is 0 Å². The summed E-state index contributed by atoms with van der Waals surface area (Å²) in [6.45, 7) is 9.55. The quantitative estimate of drug-likeness (QED) is 0.861. The number of nitrogens with zero attached hydrogens (tertiary/aromatic N) is 6. The number of hydrogen-bond acceptors (Lipinski definition) is 4. The van der Waals surface area contributed by atoms with Crippen LogP contribution in [0.3, 0.4) is 0 Å². The summed E-state index contributed by atoms with van der Waals surface area (Å²) in [5, 5.41) is 8.97. The van der Waals surface area contributed by atoms with E-state index in [9.17, 15) is 4.79 Å². The van der Waals surface area contributed by atoms with Gasteiger partial charge in [-0.05, 0) is 46.6 Å². The molecule has 2 aromatic heterocycles. The van der Waals surface area contributed by atoms with E-state index in [2.05, 4.69) is 29.0 Å². The first-order valence-corrected chi connectivity index (χ1v) is 8.65. The lowest BCUT2D eigenvalue weighted by atomic mass is 10.1. The highest BCUT2D eigenvalue weighted by Gasteiger charge is 2.26. The lowest BCUT2D eigenvalue weighted by Crippen LogP contribution is -2.42. The van der Waals surface area contributed by atoms with E-state index in [-0.39, 0.29) is 11.9 Å². The molecule has 1 aliphatic rings. The summed E-state index contributed by atoms with van der Waals surface area (Å²) >= 11 is 0. The molecule has 3 heterocycles. The number of carbonyl (C=O) groups excluding carboxylic acids is 1. The molecule has 7 nitrogen and oxygen atoms in total. The minimum Gasteiger partial charge on any atom is -0.340 e. The van der Waals surface area contributed by atoms with Crippen molar-refractivity contribution in [3.05, 3.63) is 29.6 Å². The van der Waals surface area contributed by atoms with Crippen LogP contribution in [0, 0.1) is 13.8 Å². The normalized spacial score (nSPS) is 18.4. The highest BCUT2D eigenvalue weighted by molar-refractivity contribution is 5.78. The van der Waals surface area contributed by atoms with Gasteiger partial charge < -0.3 is 4.90 Å². The Balaban J connectivity index is 1.65. The van der Waals surface area contributed by atoms with E-state index >= 15 is 0 Å². The smallest absolute Gasteiger partial charge is 0.228 e. The van der Waals surface area contributed by atoms with E-state index in [0.717, 1.165) is 36.7 Å². The first kappa shape index (κ1) is 16.7. The van der Waals surface area contributed by atoms with Crippen molar-refractivity contribution < 1.29 is 4.79 Å². The number of amides is 1. The summed E-state index contributed by atoms with van der Waals surface area (Å²) in [6, 6.07) is 2.47. The van der Waals surface area contributed by atoms with Crippen molar-refractivity contribution in [2.45, 2.75) is 59.0 Å². The number of rotatable bonds is 4. The largest absolute Gasteiger partial charge is 0.340 e. The summed E-state index contributed by atoms with van der Waals surface area (Å²) < 4.78 is 3.87. The molecule has 1 saturated heterocycles. The molecule has 1 fully saturated rings. The van der Waals surface area contributed by atoms with Crippen LogP contribution >= 0.6 is 0 Å². The first-order valence-electron chi connectivity index (χ1n) is 8.65. The highest BCUT2D eigenvalue weighted by atomic mass is 16.2. The topological polar surface area (TPSA) is 68.8 Å². The number of likely N-dealkylation sites (tertiary alicyclic amines) is 1. The van der Waals surface area contributed by atoms with Gasteiger partial charge in [-0.25, -0.2) is 9.67 Å². The summed E-state index contributed by atoms with van der Waals surface area (Å²) in [7, 11) is 0. The van der Waals surface area contributed by atoms with Gasteiger partial charge in [-0.3, -0.25) is 9.48 Å². The van der Waals surface area contributed by atoms with Gasteiger partial charge in [0.15, 0.2) is 0 Å². The SMILES string of the molecule is Cc1nc(C)n(C2CCCN(C(=O)Cc3ccn(C(C)C)n3)C2)n1. The molecule has 0 saturated carbocycles. The van der Waals surface area contributed by atoms with Crippen LogP contribution in [0.15, 0.2) is 12.3 Å². The third-order valence-electron chi connectivity index (χ3n) is 4.53. The second kappa shape index (κ2) is 6.75. The standard InChI is InChI=1S/C17H26N6O/c1-12(2)22-9-7-15(20-22)10-17(24)21-8-5-6-16(11-21)23-14(4)18-13(3)19-23/h7,9,12,16H,5-6,8,10-11H2,1-4H3. The van der Waals surface area contributed by atoms with Gasteiger partial charge in [0.2, 0.25) is 5.91 Å². The number of hydrogen-bond donors (Lipinski definition) is 0. The van der Waals surface area contributed by atoms with Gasteiger partial charge >= 0.3 is 0 Å². The molecular weight excluding hydrogens is 304 g/mol. The van der Waals surface area contributed by atoms with Crippen molar-refractivity contribution in [2.24, 2.45) is 0 Å². The van der Waals surface area contributed by atoms with E-state index < -0.39 is 0 Å². The highest BCUT2D eigenvalue weighted by Crippen LogP contribution is 2.22. The molecule has 2 aromatic rings. The summed E-state index contributed by atoms with van der Waals surface area (Å²) in [6.07, 6.45) is 4.33. The molecule has 1 amide bonds. The van der Waals surface area contributed by atoms with Crippen molar-refractivity contribution in [1.29, 1.82) is 0 Å². The fourth-order valence-electron chi connectivity index (χ4n) is 3.29. The average molecular weight is 330 g/mol.